The molecule has 6 nitrogen and oxygen atoms in total. The first-order chi connectivity index (χ1) is 12.9. The number of carbonyl (C=O) groups is 3. The van der Waals surface area contributed by atoms with E-state index in [1.54, 1.807) is 29.2 Å². The Hall–Kier alpha value is -3.22. The van der Waals surface area contributed by atoms with E-state index in [-0.39, 0.29) is 17.2 Å². The van der Waals surface area contributed by atoms with Crippen LogP contribution in [0.1, 0.15) is 30.1 Å². The summed E-state index contributed by atoms with van der Waals surface area (Å²) in [6, 6.07) is 11.9. The Bertz CT molecular complexity index is 867. The molecule has 0 aliphatic carbocycles. The summed E-state index contributed by atoms with van der Waals surface area (Å²) in [6.45, 7) is 2.10. The zero-order valence-electron chi connectivity index (χ0n) is 14.8. The fraction of sp³-hybridized carbons (Fsp3) is 0.250. The molecule has 0 spiro atoms. The first kappa shape index (κ1) is 18.6. The second-order valence-corrected chi connectivity index (χ2v) is 6.24. The van der Waals surface area contributed by atoms with Gasteiger partial charge in [0, 0.05) is 24.3 Å². The molecule has 0 unspecified atom stereocenters. The summed E-state index contributed by atoms with van der Waals surface area (Å²) in [5.74, 6) is -1.63. The maximum absolute atomic E-state index is 13.2. The van der Waals surface area contributed by atoms with Crippen LogP contribution in [0.4, 0.5) is 15.8 Å². The van der Waals surface area contributed by atoms with Gasteiger partial charge >= 0.3 is 5.97 Å². The predicted molar refractivity (Wildman–Crippen MR) is 97.9 cm³/mol. The average molecular weight is 370 g/mol. The summed E-state index contributed by atoms with van der Waals surface area (Å²) >= 11 is 0. The molecule has 0 aromatic heterocycles. The summed E-state index contributed by atoms with van der Waals surface area (Å²) < 4.78 is 18.3. The van der Waals surface area contributed by atoms with Gasteiger partial charge in [0.2, 0.25) is 5.91 Å². The van der Waals surface area contributed by atoms with Crippen molar-refractivity contribution in [2.75, 3.05) is 16.8 Å². The Morgan fingerprint density at radius 3 is 2.56 bits per heavy atom. The number of nitrogens with one attached hydrogen (secondary N) is 1. The number of esters is 1. The number of benzene rings is 2. The van der Waals surface area contributed by atoms with Crippen molar-refractivity contribution in [2.24, 2.45) is 0 Å². The minimum atomic E-state index is -1.05. The van der Waals surface area contributed by atoms with E-state index >= 15 is 0 Å². The number of rotatable bonds is 5. The highest BCUT2D eigenvalue weighted by Crippen LogP contribution is 2.22. The Kier molecular flexibility index (Phi) is 5.49. The summed E-state index contributed by atoms with van der Waals surface area (Å²) in [7, 11) is 0. The molecule has 0 radical (unpaired) electrons. The normalized spacial score (nSPS) is 14.7. The molecule has 0 bridgehead atoms. The fourth-order valence-electron chi connectivity index (χ4n) is 2.79. The third kappa shape index (κ3) is 4.49. The molecule has 1 aliphatic rings. The van der Waals surface area contributed by atoms with Crippen molar-refractivity contribution < 1.29 is 23.5 Å². The van der Waals surface area contributed by atoms with Gasteiger partial charge in [0.05, 0.1) is 5.56 Å². The summed E-state index contributed by atoms with van der Waals surface area (Å²) in [4.78, 5) is 37.7. The number of halogens is 1. The van der Waals surface area contributed by atoms with Crippen molar-refractivity contribution in [1.29, 1.82) is 0 Å². The molecule has 1 N–H and O–H groups in total. The van der Waals surface area contributed by atoms with Gasteiger partial charge in [-0.25, -0.2) is 9.18 Å². The Morgan fingerprint density at radius 1 is 1.19 bits per heavy atom. The van der Waals surface area contributed by atoms with Crippen molar-refractivity contribution in [3.05, 3.63) is 59.9 Å². The van der Waals surface area contributed by atoms with E-state index in [0.717, 1.165) is 12.1 Å². The topological polar surface area (TPSA) is 75.7 Å². The molecule has 1 saturated heterocycles. The lowest BCUT2D eigenvalue weighted by Crippen LogP contribution is -2.30. The van der Waals surface area contributed by atoms with Crippen LogP contribution in [-0.2, 0) is 14.3 Å². The average Bonchev–Trinajstić information content (AvgIpc) is 3.07. The molecule has 1 heterocycles. The van der Waals surface area contributed by atoms with Crippen molar-refractivity contribution in [1.82, 2.24) is 0 Å². The number of hydrogen-bond donors (Lipinski definition) is 1. The van der Waals surface area contributed by atoms with Gasteiger partial charge in [-0.05, 0) is 55.8 Å². The summed E-state index contributed by atoms with van der Waals surface area (Å²) in [5, 5.41) is 2.49. The minimum Gasteiger partial charge on any atom is -0.449 e. The van der Waals surface area contributed by atoms with Gasteiger partial charge in [-0.3, -0.25) is 9.59 Å². The lowest BCUT2D eigenvalue weighted by atomic mass is 10.2. The number of hydrogen-bond acceptors (Lipinski definition) is 4. The lowest BCUT2D eigenvalue weighted by Gasteiger charge is -2.16. The van der Waals surface area contributed by atoms with Crippen molar-refractivity contribution >= 4 is 29.2 Å². The van der Waals surface area contributed by atoms with E-state index in [2.05, 4.69) is 5.32 Å². The second kappa shape index (κ2) is 7.99. The van der Waals surface area contributed by atoms with E-state index in [1.165, 1.54) is 31.2 Å². The molecule has 1 fully saturated rings. The van der Waals surface area contributed by atoms with E-state index in [4.69, 9.17) is 4.74 Å². The molecule has 2 aromatic rings. The zero-order valence-corrected chi connectivity index (χ0v) is 14.8. The van der Waals surface area contributed by atoms with Crippen LogP contribution in [0.2, 0.25) is 0 Å². The van der Waals surface area contributed by atoms with Gasteiger partial charge in [-0.15, -0.1) is 0 Å². The SMILES string of the molecule is C[C@H](OC(=O)c1ccc(N2CCCC2=O)cc1)C(=O)Nc1cccc(F)c1. The first-order valence-corrected chi connectivity index (χ1v) is 8.62. The van der Waals surface area contributed by atoms with Crippen LogP contribution in [-0.4, -0.2) is 30.4 Å². The van der Waals surface area contributed by atoms with Gasteiger partial charge in [0.25, 0.3) is 5.91 Å². The number of anilines is 2. The van der Waals surface area contributed by atoms with Crippen molar-refractivity contribution in [3.8, 4) is 0 Å². The Labute approximate surface area is 155 Å². The second-order valence-electron chi connectivity index (χ2n) is 6.24. The molecule has 3 rings (SSSR count). The third-order valence-corrected chi connectivity index (χ3v) is 4.23. The van der Waals surface area contributed by atoms with Crippen molar-refractivity contribution in [2.45, 2.75) is 25.9 Å². The van der Waals surface area contributed by atoms with Crippen LogP contribution in [0, 0.1) is 5.82 Å². The molecule has 2 amide bonds. The van der Waals surface area contributed by atoms with Crippen LogP contribution >= 0.6 is 0 Å². The Morgan fingerprint density at radius 2 is 1.93 bits per heavy atom. The number of ether oxygens (including phenoxy) is 1. The van der Waals surface area contributed by atoms with Crippen molar-refractivity contribution in [3.63, 3.8) is 0 Å². The van der Waals surface area contributed by atoms with Gasteiger partial charge < -0.3 is 15.0 Å². The van der Waals surface area contributed by atoms with Crippen LogP contribution in [0.25, 0.3) is 0 Å². The standard InChI is InChI=1S/C20H19FN2O4/c1-13(19(25)22-16-5-2-4-15(21)12-16)27-20(26)14-7-9-17(10-8-14)23-11-3-6-18(23)24/h2,4-5,7-10,12-13H,3,6,11H2,1H3,(H,22,25)/t13-/m0/s1. The summed E-state index contributed by atoms with van der Waals surface area (Å²) in [6.07, 6.45) is 0.295. The lowest BCUT2D eigenvalue weighted by molar-refractivity contribution is -0.123. The summed E-state index contributed by atoms with van der Waals surface area (Å²) in [5.41, 5.74) is 1.28. The van der Waals surface area contributed by atoms with E-state index in [9.17, 15) is 18.8 Å². The highest BCUT2D eigenvalue weighted by atomic mass is 19.1. The van der Waals surface area contributed by atoms with Crippen LogP contribution in [0.15, 0.2) is 48.5 Å². The molecule has 140 valence electrons. The van der Waals surface area contributed by atoms with Crippen LogP contribution < -0.4 is 10.2 Å². The van der Waals surface area contributed by atoms with Crippen LogP contribution in [0.5, 0.6) is 0 Å². The third-order valence-electron chi connectivity index (χ3n) is 4.23. The fourth-order valence-corrected chi connectivity index (χ4v) is 2.79. The smallest absolute Gasteiger partial charge is 0.338 e. The van der Waals surface area contributed by atoms with Gasteiger partial charge in [-0.1, -0.05) is 6.07 Å². The monoisotopic (exact) mass is 370 g/mol. The quantitative estimate of drug-likeness (QED) is 0.821. The first-order valence-electron chi connectivity index (χ1n) is 8.62. The molecular weight excluding hydrogens is 351 g/mol. The van der Waals surface area contributed by atoms with E-state index < -0.39 is 23.8 Å². The molecule has 0 saturated carbocycles. The number of amides is 2. The molecule has 2 aromatic carbocycles. The molecule has 1 atom stereocenters. The molecule has 1 aliphatic heterocycles. The van der Waals surface area contributed by atoms with Crippen LogP contribution in [0.3, 0.4) is 0 Å². The zero-order chi connectivity index (χ0) is 19.4. The molecule has 7 heteroatoms. The highest BCUT2D eigenvalue weighted by Gasteiger charge is 2.23. The maximum Gasteiger partial charge on any atom is 0.338 e. The predicted octanol–water partition coefficient (Wildman–Crippen LogP) is 3.14. The molecule has 27 heavy (non-hydrogen) atoms. The van der Waals surface area contributed by atoms with E-state index in [1.807, 2.05) is 0 Å². The Balaban J connectivity index is 1.59. The number of nitrogens with zero attached hydrogens (tertiary/aromatic N) is 1. The largest absolute Gasteiger partial charge is 0.449 e. The molecular formula is C20H19FN2O4. The van der Waals surface area contributed by atoms with E-state index in [0.29, 0.717) is 13.0 Å². The number of carbonyl (C=O) groups excluding carboxylic acids is 3. The van der Waals surface area contributed by atoms with Gasteiger partial charge in [-0.2, -0.15) is 0 Å². The maximum atomic E-state index is 13.2. The van der Waals surface area contributed by atoms with Gasteiger partial charge in [0.15, 0.2) is 6.10 Å². The van der Waals surface area contributed by atoms with Gasteiger partial charge in [0.1, 0.15) is 5.82 Å². The minimum absolute atomic E-state index is 0.0629. The highest BCUT2D eigenvalue weighted by molar-refractivity contribution is 5.98.